The molecule has 3 rings (SSSR count). The van der Waals surface area contributed by atoms with Gasteiger partial charge in [0.15, 0.2) is 0 Å². The third-order valence-electron chi connectivity index (χ3n) is 4.53. The predicted molar refractivity (Wildman–Crippen MR) is 95.6 cm³/mol. The van der Waals surface area contributed by atoms with Crippen molar-refractivity contribution in [3.05, 3.63) is 42.1 Å². The highest BCUT2D eigenvalue weighted by Gasteiger charge is 2.38. The molecule has 1 aliphatic rings. The molecule has 3 heterocycles. The van der Waals surface area contributed by atoms with Crippen LogP contribution in [-0.4, -0.2) is 58.3 Å². The summed E-state index contributed by atoms with van der Waals surface area (Å²) in [6.07, 6.45) is 3.44. The zero-order chi connectivity index (χ0) is 18.5. The number of likely N-dealkylation sites (N-methyl/N-ethyl adjacent to an activating group) is 1. The third kappa shape index (κ3) is 3.86. The maximum atomic E-state index is 12.3. The van der Waals surface area contributed by atoms with E-state index in [0.29, 0.717) is 25.5 Å². The summed E-state index contributed by atoms with van der Waals surface area (Å²) in [6, 6.07) is 5.45. The van der Waals surface area contributed by atoms with Crippen molar-refractivity contribution >= 4 is 5.91 Å². The topological polar surface area (TPSA) is 81.5 Å². The van der Waals surface area contributed by atoms with E-state index in [-0.39, 0.29) is 24.7 Å². The van der Waals surface area contributed by atoms with Gasteiger partial charge in [-0.1, -0.05) is 6.07 Å². The van der Waals surface area contributed by atoms with E-state index in [1.54, 1.807) is 13.3 Å². The monoisotopic (exact) mass is 359 g/mol. The predicted octanol–water partition coefficient (Wildman–Crippen LogP) is 0.902. The average molecular weight is 359 g/mol. The number of ether oxygens (including phenoxy) is 2. The Labute approximate surface area is 153 Å². The van der Waals surface area contributed by atoms with E-state index in [4.69, 9.17) is 9.47 Å². The molecule has 0 spiro atoms. The zero-order valence-corrected chi connectivity index (χ0v) is 15.4. The molecular formula is C18H25N5O3. The summed E-state index contributed by atoms with van der Waals surface area (Å²) in [5.41, 5.74) is 0.886. The molecule has 26 heavy (non-hydrogen) atoms. The Morgan fingerprint density at radius 1 is 1.42 bits per heavy atom. The smallest absolute Gasteiger partial charge is 0.249 e. The molecular weight excluding hydrogens is 334 g/mol. The van der Waals surface area contributed by atoms with Crippen LogP contribution >= 0.6 is 0 Å². The van der Waals surface area contributed by atoms with Crippen LogP contribution < -0.4 is 10.1 Å². The number of rotatable bonds is 7. The number of hydrogen-bond acceptors (Lipinski definition) is 6. The molecule has 0 unspecified atom stereocenters. The summed E-state index contributed by atoms with van der Waals surface area (Å²) in [5, 5.41) is 3.38. The van der Waals surface area contributed by atoms with Gasteiger partial charge in [-0.3, -0.25) is 4.79 Å². The van der Waals surface area contributed by atoms with Crippen LogP contribution in [0.25, 0.3) is 0 Å². The van der Waals surface area contributed by atoms with Gasteiger partial charge in [0.05, 0.1) is 18.9 Å². The summed E-state index contributed by atoms with van der Waals surface area (Å²) in [4.78, 5) is 22.9. The number of aromatic nitrogens is 3. The lowest BCUT2D eigenvalue weighted by molar-refractivity contribution is -0.157. The van der Waals surface area contributed by atoms with Crippen molar-refractivity contribution in [1.82, 2.24) is 24.8 Å². The lowest BCUT2D eigenvalue weighted by atomic mass is 10.1. The number of amides is 1. The second-order valence-electron chi connectivity index (χ2n) is 6.17. The molecule has 1 aliphatic heterocycles. The maximum Gasteiger partial charge on any atom is 0.249 e. The number of imidazole rings is 1. The first kappa shape index (κ1) is 18.3. The minimum absolute atomic E-state index is 0.00814. The van der Waals surface area contributed by atoms with Crippen molar-refractivity contribution in [2.45, 2.75) is 25.6 Å². The van der Waals surface area contributed by atoms with Crippen molar-refractivity contribution < 1.29 is 14.3 Å². The summed E-state index contributed by atoms with van der Waals surface area (Å²) >= 11 is 0. The molecule has 0 bridgehead atoms. The standard InChI is InChI=1S/C18H25N5O3/c1-4-23-16(24)12-26-14(17(23)18-20-8-9-22(18)2)11-19-10-13-6-5-7-15(21-13)25-3/h5-9,14,17,19H,4,10-12H2,1-3H3/t14-,17+/m0/s1. The second-order valence-corrected chi connectivity index (χ2v) is 6.17. The van der Waals surface area contributed by atoms with Crippen LogP contribution in [0.5, 0.6) is 5.88 Å². The second kappa shape index (κ2) is 8.29. The Bertz CT molecular complexity index is 748. The van der Waals surface area contributed by atoms with Crippen molar-refractivity contribution in [3.63, 3.8) is 0 Å². The molecule has 2 aromatic heterocycles. The normalized spacial score (nSPS) is 20.4. The number of nitrogens with one attached hydrogen (secondary N) is 1. The summed E-state index contributed by atoms with van der Waals surface area (Å²) < 4.78 is 12.9. The quantitative estimate of drug-likeness (QED) is 0.791. The van der Waals surface area contributed by atoms with Crippen molar-refractivity contribution in [2.24, 2.45) is 7.05 Å². The van der Waals surface area contributed by atoms with E-state index in [2.05, 4.69) is 15.3 Å². The number of carbonyl (C=O) groups is 1. The number of pyridine rings is 1. The van der Waals surface area contributed by atoms with Crippen LogP contribution in [0.1, 0.15) is 24.5 Å². The number of hydrogen-bond donors (Lipinski definition) is 1. The Hall–Kier alpha value is -2.45. The number of methoxy groups -OCH3 is 1. The maximum absolute atomic E-state index is 12.3. The number of carbonyl (C=O) groups excluding carboxylic acids is 1. The number of nitrogens with zero attached hydrogens (tertiary/aromatic N) is 4. The largest absolute Gasteiger partial charge is 0.481 e. The summed E-state index contributed by atoms with van der Waals surface area (Å²) in [5.74, 6) is 1.41. The first-order valence-corrected chi connectivity index (χ1v) is 8.73. The molecule has 1 fully saturated rings. The van der Waals surface area contributed by atoms with Crippen molar-refractivity contribution in [1.29, 1.82) is 0 Å². The Balaban J connectivity index is 1.70. The summed E-state index contributed by atoms with van der Waals surface area (Å²) in [7, 11) is 3.53. The van der Waals surface area contributed by atoms with Crippen LogP contribution in [0.2, 0.25) is 0 Å². The van der Waals surface area contributed by atoms with Gasteiger partial charge < -0.3 is 24.3 Å². The van der Waals surface area contributed by atoms with Gasteiger partial charge in [-0.15, -0.1) is 0 Å². The zero-order valence-electron chi connectivity index (χ0n) is 15.4. The van der Waals surface area contributed by atoms with E-state index < -0.39 is 0 Å². The van der Waals surface area contributed by atoms with Gasteiger partial charge >= 0.3 is 0 Å². The highest BCUT2D eigenvalue weighted by Crippen LogP contribution is 2.28. The van der Waals surface area contributed by atoms with Gasteiger partial charge in [0.1, 0.15) is 18.5 Å². The van der Waals surface area contributed by atoms with E-state index in [1.165, 1.54) is 0 Å². The van der Waals surface area contributed by atoms with Gasteiger partial charge in [0, 0.05) is 45.1 Å². The molecule has 140 valence electrons. The SMILES string of the molecule is CCN1C(=O)CO[C@@H](CNCc2cccc(OC)n2)[C@@H]1c1nccn1C. The van der Waals surface area contributed by atoms with E-state index >= 15 is 0 Å². The molecule has 0 aliphatic carbocycles. The minimum atomic E-state index is -0.216. The minimum Gasteiger partial charge on any atom is -0.481 e. The molecule has 8 heteroatoms. The number of morpholine rings is 1. The molecule has 0 aromatic carbocycles. The Kier molecular flexibility index (Phi) is 5.85. The van der Waals surface area contributed by atoms with Crippen molar-refractivity contribution in [3.8, 4) is 5.88 Å². The van der Waals surface area contributed by atoms with Crippen molar-refractivity contribution in [2.75, 3.05) is 26.8 Å². The lowest BCUT2D eigenvalue weighted by Crippen LogP contribution is -2.52. The van der Waals surface area contributed by atoms with Gasteiger partial charge in [-0.2, -0.15) is 0 Å². The molecule has 2 aromatic rings. The first-order chi connectivity index (χ1) is 12.6. The van der Waals surface area contributed by atoms with Crippen LogP contribution in [0.3, 0.4) is 0 Å². The van der Waals surface area contributed by atoms with Gasteiger partial charge in [-0.05, 0) is 13.0 Å². The summed E-state index contributed by atoms with van der Waals surface area (Å²) in [6.45, 7) is 3.86. The molecule has 1 amide bonds. The van der Waals surface area contributed by atoms with E-state index in [0.717, 1.165) is 11.5 Å². The molecule has 1 saturated heterocycles. The van der Waals surface area contributed by atoms with Gasteiger partial charge in [0.2, 0.25) is 11.8 Å². The highest BCUT2D eigenvalue weighted by molar-refractivity contribution is 5.78. The molecule has 8 nitrogen and oxygen atoms in total. The fourth-order valence-corrected chi connectivity index (χ4v) is 3.23. The Morgan fingerprint density at radius 3 is 2.96 bits per heavy atom. The Morgan fingerprint density at radius 2 is 2.27 bits per heavy atom. The van der Waals surface area contributed by atoms with Gasteiger partial charge in [-0.25, -0.2) is 9.97 Å². The van der Waals surface area contributed by atoms with E-state index in [9.17, 15) is 4.79 Å². The fraction of sp³-hybridized carbons (Fsp3) is 0.500. The van der Waals surface area contributed by atoms with Gasteiger partial charge in [0.25, 0.3) is 0 Å². The third-order valence-corrected chi connectivity index (χ3v) is 4.53. The lowest BCUT2D eigenvalue weighted by Gasteiger charge is -2.40. The molecule has 2 atom stereocenters. The van der Waals surface area contributed by atoms with Crippen LogP contribution in [0.15, 0.2) is 30.6 Å². The fourth-order valence-electron chi connectivity index (χ4n) is 3.23. The highest BCUT2D eigenvalue weighted by atomic mass is 16.5. The number of aryl methyl sites for hydroxylation is 1. The molecule has 0 radical (unpaired) electrons. The van der Waals surface area contributed by atoms with E-state index in [1.807, 2.05) is 47.8 Å². The van der Waals surface area contributed by atoms with Crippen LogP contribution in [0, 0.1) is 0 Å². The van der Waals surface area contributed by atoms with Crippen LogP contribution in [0.4, 0.5) is 0 Å². The average Bonchev–Trinajstić information content (AvgIpc) is 3.08. The molecule has 0 saturated carbocycles. The molecule has 1 N–H and O–H groups in total. The van der Waals surface area contributed by atoms with Crippen LogP contribution in [-0.2, 0) is 23.1 Å². The first-order valence-electron chi connectivity index (χ1n) is 8.73.